The van der Waals surface area contributed by atoms with Crippen molar-refractivity contribution in [2.45, 2.75) is 6.54 Å². The molecule has 2 aromatic heterocycles. The molecule has 4 rings (SSSR count). The van der Waals surface area contributed by atoms with Crippen LogP contribution < -0.4 is 5.32 Å². The third-order valence-electron chi connectivity index (χ3n) is 3.92. The van der Waals surface area contributed by atoms with Gasteiger partial charge in [0.15, 0.2) is 5.82 Å². The standard InChI is InChI=1S/C20H15FN4OS/c21-16-10-8-15(9-11-16)19(26)25-20(22-13-17-7-4-12-27-17)23-18(24-25)14-5-2-1-3-6-14/h1-12H,13H2,(H,22,23,24). The summed E-state index contributed by atoms with van der Waals surface area (Å²) in [5.41, 5.74) is 1.14. The summed E-state index contributed by atoms with van der Waals surface area (Å²) in [6, 6.07) is 18.8. The molecular formula is C20H15FN4OS. The molecule has 0 unspecified atom stereocenters. The molecule has 134 valence electrons. The van der Waals surface area contributed by atoms with Crippen LogP contribution in [0, 0.1) is 5.82 Å². The number of carbonyl (C=O) groups is 1. The van der Waals surface area contributed by atoms with Gasteiger partial charge >= 0.3 is 0 Å². The van der Waals surface area contributed by atoms with E-state index in [9.17, 15) is 9.18 Å². The summed E-state index contributed by atoms with van der Waals surface area (Å²) in [5.74, 6) is 0.0147. The third kappa shape index (κ3) is 3.78. The van der Waals surface area contributed by atoms with Crippen LogP contribution in [0.5, 0.6) is 0 Å². The Morgan fingerprint density at radius 3 is 2.52 bits per heavy atom. The van der Waals surface area contributed by atoms with Crippen molar-refractivity contribution >= 4 is 23.2 Å². The number of aromatic nitrogens is 3. The lowest BCUT2D eigenvalue weighted by molar-refractivity contribution is 0.0947. The molecule has 0 fully saturated rings. The Balaban J connectivity index is 1.69. The van der Waals surface area contributed by atoms with Crippen LogP contribution in [0.1, 0.15) is 15.2 Å². The van der Waals surface area contributed by atoms with Gasteiger partial charge in [0.2, 0.25) is 5.95 Å². The zero-order chi connectivity index (χ0) is 18.6. The number of nitrogens with zero attached hydrogens (tertiary/aromatic N) is 3. The normalized spacial score (nSPS) is 10.7. The van der Waals surface area contributed by atoms with E-state index in [0.29, 0.717) is 23.9 Å². The number of hydrogen-bond acceptors (Lipinski definition) is 5. The van der Waals surface area contributed by atoms with Crippen molar-refractivity contribution in [2.24, 2.45) is 0 Å². The van der Waals surface area contributed by atoms with Gasteiger partial charge in [-0.2, -0.15) is 9.67 Å². The van der Waals surface area contributed by atoms with Gasteiger partial charge in [0.05, 0.1) is 6.54 Å². The largest absolute Gasteiger partial charge is 0.349 e. The lowest BCUT2D eigenvalue weighted by atomic mass is 10.2. The number of halogens is 1. The maximum absolute atomic E-state index is 13.2. The molecular weight excluding hydrogens is 363 g/mol. The topological polar surface area (TPSA) is 59.8 Å². The molecule has 7 heteroatoms. The lowest BCUT2D eigenvalue weighted by Crippen LogP contribution is -2.17. The molecule has 0 aliphatic carbocycles. The van der Waals surface area contributed by atoms with E-state index in [4.69, 9.17) is 0 Å². The fourth-order valence-electron chi connectivity index (χ4n) is 2.57. The highest BCUT2D eigenvalue weighted by atomic mass is 32.1. The van der Waals surface area contributed by atoms with E-state index in [0.717, 1.165) is 10.4 Å². The summed E-state index contributed by atoms with van der Waals surface area (Å²) in [6.45, 7) is 0.529. The average Bonchev–Trinajstić information content (AvgIpc) is 3.37. The van der Waals surface area contributed by atoms with Gasteiger partial charge in [-0.15, -0.1) is 16.4 Å². The van der Waals surface area contributed by atoms with Crippen LogP contribution in [-0.2, 0) is 6.54 Å². The molecule has 0 bridgehead atoms. The summed E-state index contributed by atoms with van der Waals surface area (Å²) in [5, 5.41) is 9.54. The predicted molar refractivity (Wildman–Crippen MR) is 103 cm³/mol. The Hall–Kier alpha value is -3.32. The summed E-state index contributed by atoms with van der Waals surface area (Å²) < 4.78 is 14.4. The van der Waals surface area contributed by atoms with Gasteiger partial charge in [0, 0.05) is 16.0 Å². The first-order valence-electron chi connectivity index (χ1n) is 8.30. The van der Waals surface area contributed by atoms with E-state index in [-0.39, 0.29) is 5.91 Å². The number of carbonyl (C=O) groups excluding carboxylic acids is 1. The quantitative estimate of drug-likeness (QED) is 0.558. The van der Waals surface area contributed by atoms with Crippen molar-refractivity contribution in [1.29, 1.82) is 0 Å². The summed E-state index contributed by atoms with van der Waals surface area (Å²) in [4.78, 5) is 18.5. The van der Waals surface area contributed by atoms with Gasteiger partial charge in [-0.3, -0.25) is 4.79 Å². The third-order valence-corrected chi connectivity index (χ3v) is 4.80. The van der Waals surface area contributed by atoms with E-state index in [2.05, 4.69) is 15.4 Å². The molecule has 2 aromatic carbocycles. The highest BCUT2D eigenvalue weighted by Gasteiger charge is 2.18. The van der Waals surface area contributed by atoms with E-state index in [1.54, 1.807) is 11.3 Å². The fourth-order valence-corrected chi connectivity index (χ4v) is 3.22. The Morgan fingerprint density at radius 1 is 1.04 bits per heavy atom. The molecule has 0 amide bonds. The monoisotopic (exact) mass is 378 g/mol. The smallest absolute Gasteiger partial charge is 0.281 e. The molecule has 0 saturated carbocycles. The molecule has 0 aliphatic heterocycles. The Morgan fingerprint density at radius 2 is 1.81 bits per heavy atom. The maximum atomic E-state index is 13.2. The van der Waals surface area contributed by atoms with Crippen molar-refractivity contribution < 1.29 is 9.18 Å². The van der Waals surface area contributed by atoms with E-state index in [1.807, 2.05) is 47.8 Å². The minimum atomic E-state index is -0.397. The Bertz CT molecular complexity index is 1040. The van der Waals surface area contributed by atoms with E-state index < -0.39 is 5.82 Å². The first-order valence-corrected chi connectivity index (χ1v) is 9.18. The lowest BCUT2D eigenvalue weighted by Gasteiger charge is -2.06. The van der Waals surface area contributed by atoms with Gasteiger partial charge < -0.3 is 5.32 Å². The van der Waals surface area contributed by atoms with Crippen LogP contribution in [0.4, 0.5) is 10.3 Å². The number of nitrogens with one attached hydrogen (secondary N) is 1. The number of thiophene rings is 1. The van der Waals surface area contributed by atoms with Crippen LogP contribution in [-0.4, -0.2) is 20.7 Å². The first-order chi connectivity index (χ1) is 13.2. The van der Waals surface area contributed by atoms with Crippen molar-refractivity contribution in [3.63, 3.8) is 0 Å². The van der Waals surface area contributed by atoms with Gasteiger partial charge in [-0.25, -0.2) is 4.39 Å². The van der Waals surface area contributed by atoms with Crippen molar-refractivity contribution in [1.82, 2.24) is 14.8 Å². The molecule has 4 aromatic rings. The molecule has 2 heterocycles. The highest BCUT2D eigenvalue weighted by molar-refractivity contribution is 7.09. The highest BCUT2D eigenvalue weighted by Crippen LogP contribution is 2.20. The SMILES string of the molecule is O=C(c1ccc(F)cc1)n1nc(-c2ccccc2)nc1NCc1cccs1. The van der Waals surface area contributed by atoms with Gasteiger partial charge in [-0.1, -0.05) is 36.4 Å². The molecule has 5 nitrogen and oxygen atoms in total. The average molecular weight is 378 g/mol. The van der Waals surface area contributed by atoms with Crippen LogP contribution in [0.25, 0.3) is 11.4 Å². The molecule has 1 N–H and O–H groups in total. The molecule has 0 atom stereocenters. The van der Waals surface area contributed by atoms with Gasteiger partial charge in [-0.05, 0) is 35.7 Å². The summed E-state index contributed by atoms with van der Waals surface area (Å²) in [7, 11) is 0. The number of anilines is 1. The maximum Gasteiger partial charge on any atom is 0.281 e. The Kier molecular flexibility index (Phi) is 4.76. The number of hydrogen-bond donors (Lipinski definition) is 1. The summed E-state index contributed by atoms with van der Waals surface area (Å²) >= 11 is 1.61. The first kappa shape index (κ1) is 17.1. The zero-order valence-electron chi connectivity index (χ0n) is 14.2. The summed E-state index contributed by atoms with van der Waals surface area (Å²) in [6.07, 6.45) is 0. The molecule has 0 radical (unpaired) electrons. The minimum Gasteiger partial charge on any atom is -0.349 e. The second-order valence-corrected chi connectivity index (χ2v) is 6.81. The van der Waals surface area contributed by atoms with Crippen molar-refractivity contribution in [3.05, 3.63) is 88.4 Å². The van der Waals surface area contributed by atoms with Crippen molar-refractivity contribution in [3.8, 4) is 11.4 Å². The van der Waals surface area contributed by atoms with Crippen LogP contribution in [0.15, 0.2) is 72.1 Å². The van der Waals surface area contributed by atoms with Gasteiger partial charge in [0.25, 0.3) is 5.91 Å². The van der Waals surface area contributed by atoms with E-state index in [1.165, 1.54) is 28.9 Å². The van der Waals surface area contributed by atoms with Crippen LogP contribution in [0.3, 0.4) is 0 Å². The van der Waals surface area contributed by atoms with E-state index >= 15 is 0 Å². The van der Waals surface area contributed by atoms with Crippen LogP contribution >= 0.6 is 11.3 Å². The molecule has 27 heavy (non-hydrogen) atoms. The number of rotatable bonds is 5. The second kappa shape index (κ2) is 7.51. The number of benzene rings is 2. The Labute approximate surface area is 159 Å². The zero-order valence-corrected chi connectivity index (χ0v) is 15.0. The predicted octanol–water partition coefficient (Wildman–Crippen LogP) is 4.45. The molecule has 0 spiro atoms. The van der Waals surface area contributed by atoms with Gasteiger partial charge in [0.1, 0.15) is 5.82 Å². The van der Waals surface area contributed by atoms with Crippen LogP contribution in [0.2, 0.25) is 0 Å². The second-order valence-electron chi connectivity index (χ2n) is 5.78. The minimum absolute atomic E-state index is 0.333. The molecule has 0 aliphatic rings. The molecule has 0 saturated heterocycles. The van der Waals surface area contributed by atoms with Crippen molar-refractivity contribution in [2.75, 3.05) is 5.32 Å². The fraction of sp³-hybridized carbons (Fsp3) is 0.0500.